The van der Waals surface area contributed by atoms with Crippen molar-refractivity contribution < 1.29 is 14.6 Å². The Hall–Kier alpha value is 0.577. The Labute approximate surface area is 102 Å². The van der Waals surface area contributed by atoms with Gasteiger partial charge in [0.2, 0.25) is 0 Å². The second-order valence-electron chi connectivity index (χ2n) is 5.34. The molecule has 0 unspecified atom stereocenters. The Kier molecular flexibility index (Phi) is 5.99. The molecule has 0 aromatic rings. The molecule has 5 heteroatoms. The van der Waals surface area contributed by atoms with Gasteiger partial charge >= 0.3 is 0 Å². The lowest BCUT2D eigenvalue weighted by Crippen LogP contribution is -2.43. The van der Waals surface area contributed by atoms with Crippen LogP contribution in [0.25, 0.3) is 0 Å². The molecule has 0 aliphatic heterocycles. The zero-order valence-electron chi connectivity index (χ0n) is 10.2. The predicted molar refractivity (Wildman–Crippen MR) is 69.0 cm³/mol. The van der Waals surface area contributed by atoms with E-state index in [1.165, 1.54) is 0 Å². The fourth-order valence-corrected chi connectivity index (χ4v) is 2.30. The van der Waals surface area contributed by atoms with Crippen molar-refractivity contribution in [1.82, 2.24) is 0 Å². The molecule has 0 rings (SSSR count). The van der Waals surface area contributed by atoms with Crippen LogP contribution in [0.4, 0.5) is 0 Å². The second kappa shape index (κ2) is 5.77. The molecule has 0 aromatic heterocycles. The van der Waals surface area contributed by atoms with Gasteiger partial charge in [0.15, 0.2) is 8.32 Å². The van der Waals surface area contributed by atoms with E-state index in [2.05, 4.69) is 49.8 Å². The van der Waals surface area contributed by atoms with Gasteiger partial charge in [0, 0.05) is 6.61 Å². The summed E-state index contributed by atoms with van der Waals surface area (Å²) in [5, 5.41) is 18.3. The summed E-state index contributed by atoms with van der Waals surface area (Å²) in [5.74, 6) is 0. The van der Waals surface area contributed by atoms with E-state index < -0.39 is 14.4 Å². The van der Waals surface area contributed by atoms with Crippen LogP contribution in [0.1, 0.15) is 20.8 Å². The van der Waals surface area contributed by atoms with Gasteiger partial charge in [-0.05, 0) is 18.1 Å². The van der Waals surface area contributed by atoms with E-state index in [0.29, 0.717) is 6.61 Å². The number of hydrogen-bond donors (Lipinski definition) is 2. The topological polar surface area (TPSA) is 49.7 Å². The molecule has 0 saturated carbocycles. The number of aliphatic hydroxyl groups excluding tert-OH is 2. The standard InChI is InChI=1S/C10H23BrO3Si/c1-10(2,3)15(4,5)14-7-8(11)9(13)6-12/h8-9,12-13H,6-7H2,1-5H3/t8-,9-/m0/s1. The third kappa shape index (κ3) is 4.95. The Morgan fingerprint density at radius 1 is 1.33 bits per heavy atom. The van der Waals surface area contributed by atoms with Crippen LogP contribution >= 0.6 is 15.9 Å². The largest absolute Gasteiger partial charge is 0.416 e. The van der Waals surface area contributed by atoms with Gasteiger partial charge in [-0.25, -0.2) is 0 Å². The number of hydrogen-bond acceptors (Lipinski definition) is 3. The van der Waals surface area contributed by atoms with Gasteiger partial charge in [0.25, 0.3) is 0 Å². The molecule has 0 bridgehead atoms. The first-order chi connectivity index (χ1) is 6.62. The van der Waals surface area contributed by atoms with Crippen molar-refractivity contribution in [2.75, 3.05) is 13.2 Å². The highest BCUT2D eigenvalue weighted by molar-refractivity contribution is 9.09. The zero-order chi connectivity index (χ0) is 12.3. The first kappa shape index (κ1) is 15.6. The van der Waals surface area contributed by atoms with Crippen LogP contribution in [-0.2, 0) is 4.43 Å². The van der Waals surface area contributed by atoms with Crippen LogP contribution in [0.2, 0.25) is 18.1 Å². The molecule has 0 aliphatic rings. The SMILES string of the molecule is CC(C)(C)[Si](C)(C)OC[C@H](Br)[C@@H](O)CO. The molecule has 0 heterocycles. The van der Waals surface area contributed by atoms with E-state index >= 15 is 0 Å². The number of halogens is 1. The first-order valence-corrected chi connectivity index (χ1v) is 9.01. The van der Waals surface area contributed by atoms with Crippen molar-refractivity contribution in [3.8, 4) is 0 Å². The highest BCUT2D eigenvalue weighted by Crippen LogP contribution is 2.36. The number of aliphatic hydroxyl groups is 2. The summed E-state index contributed by atoms with van der Waals surface area (Å²) in [5.41, 5.74) is 0. The van der Waals surface area contributed by atoms with Crippen molar-refractivity contribution in [3.05, 3.63) is 0 Å². The summed E-state index contributed by atoms with van der Waals surface area (Å²) in [6.45, 7) is 11.0. The van der Waals surface area contributed by atoms with Gasteiger partial charge in [0.05, 0.1) is 17.5 Å². The minimum Gasteiger partial charge on any atom is -0.416 e. The molecule has 0 spiro atoms. The third-order valence-corrected chi connectivity index (χ3v) is 8.39. The molecular formula is C10H23BrO3Si. The number of alkyl halides is 1. The van der Waals surface area contributed by atoms with Crippen LogP contribution in [0.5, 0.6) is 0 Å². The van der Waals surface area contributed by atoms with Crippen molar-refractivity contribution in [1.29, 1.82) is 0 Å². The number of rotatable bonds is 5. The van der Waals surface area contributed by atoms with Crippen molar-refractivity contribution in [2.45, 2.75) is 49.8 Å². The molecule has 15 heavy (non-hydrogen) atoms. The molecule has 0 saturated heterocycles. The lowest BCUT2D eigenvalue weighted by molar-refractivity contribution is 0.0807. The summed E-state index contributed by atoms with van der Waals surface area (Å²) in [6.07, 6.45) is -0.755. The fraction of sp³-hybridized carbons (Fsp3) is 1.00. The molecule has 2 atom stereocenters. The first-order valence-electron chi connectivity index (χ1n) is 5.19. The minimum absolute atomic E-state index is 0.171. The summed E-state index contributed by atoms with van der Waals surface area (Å²) in [7, 11) is -1.75. The average molecular weight is 299 g/mol. The summed E-state index contributed by atoms with van der Waals surface area (Å²) >= 11 is 3.31. The zero-order valence-corrected chi connectivity index (χ0v) is 12.8. The highest BCUT2D eigenvalue weighted by atomic mass is 79.9. The van der Waals surface area contributed by atoms with E-state index in [9.17, 15) is 5.11 Å². The van der Waals surface area contributed by atoms with Gasteiger partial charge in [-0.2, -0.15) is 0 Å². The molecule has 92 valence electrons. The summed E-state index contributed by atoms with van der Waals surface area (Å²) in [6, 6.07) is 0. The Morgan fingerprint density at radius 3 is 2.13 bits per heavy atom. The van der Waals surface area contributed by atoms with E-state index in [4.69, 9.17) is 9.53 Å². The maximum Gasteiger partial charge on any atom is 0.192 e. The van der Waals surface area contributed by atoms with Crippen LogP contribution in [0.15, 0.2) is 0 Å². The lowest BCUT2D eigenvalue weighted by Gasteiger charge is -2.37. The Bertz CT molecular complexity index is 192. The molecule has 0 radical (unpaired) electrons. The van der Waals surface area contributed by atoms with Gasteiger partial charge in [0.1, 0.15) is 0 Å². The fourth-order valence-electron chi connectivity index (χ4n) is 0.730. The maximum absolute atomic E-state index is 9.36. The van der Waals surface area contributed by atoms with Crippen LogP contribution < -0.4 is 0 Å². The molecule has 0 aromatic carbocycles. The van der Waals surface area contributed by atoms with Crippen LogP contribution in [-0.4, -0.2) is 42.7 Å². The predicted octanol–water partition coefficient (Wildman–Crippen LogP) is 2.12. The monoisotopic (exact) mass is 298 g/mol. The van der Waals surface area contributed by atoms with Gasteiger partial charge in [-0.3, -0.25) is 0 Å². The Morgan fingerprint density at radius 2 is 1.80 bits per heavy atom. The van der Waals surface area contributed by atoms with Gasteiger partial charge in [-0.15, -0.1) is 0 Å². The molecule has 3 nitrogen and oxygen atoms in total. The second-order valence-corrected chi connectivity index (χ2v) is 11.3. The molecule has 0 fully saturated rings. The van der Waals surface area contributed by atoms with Crippen molar-refractivity contribution >= 4 is 24.2 Å². The average Bonchev–Trinajstić information content (AvgIpc) is 2.11. The Balaban J connectivity index is 4.16. The quantitative estimate of drug-likeness (QED) is 0.604. The molecule has 0 aliphatic carbocycles. The molecule has 0 amide bonds. The lowest BCUT2D eigenvalue weighted by atomic mass is 10.2. The highest BCUT2D eigenvalue weighted by Gasteiger charge is 2.37. The minimum atomic E-state index is -1.75. The maximum atomic E-state index is 9.36. The summed E-state index contributed by atoms with van der Waals surface area (Å²) in [4.78, 5) is -0.198. The summed E-state index contributed by atoms with van der Waals surface area (Å²) < 4.78 is 5.90. The van der Waals surface area contributed by atoms with Crippen molar-refractivity contribution in [3.63, 3.8) is 0 Å². The molecule has 2 N–H and O–H groups in total. The van der Waals surface area contributed by atoms with E-state index in [1.54, 1.807) is 0 Å². The normalized spacial score (nSPS) is 17.6. The van der Waals surface area contributed by atoms with E-state index in [0.717, 1.165) is 0 Å². The molecular weight excluding hydrogens is 276 g/mol. The third-order valence-electron chi connectivity index (χ3n) is 3.01. The smallest absolute Gasteiger partial charge is 0.192 e. The van der Waals surface area contributed by atoms with Gasteiger partial charge in [-0.1, -0.05) is 36.7 Å². The van der Waals surface area contributed by atoms with E-state index in [1.807, 2.05) is 0 Å². The van der Waals surface area contributed by atoms with Gasteiger partial charge < -0.3 is 14.6 Å². The van der Waals surface area contributed by atoms with Crippen molar-refractivity contribution in [2.24, 2.45) is 0 Å². The van der Waals surface area contributed by atoms with Crippen LogP contribution in [0, 0.1) is 0 Å². The van der Waals surface area contributed by atoms with E-state index in [-0.39, 0.29) is 16.5 Å². The van der Waals surface area contributed by atoms with Crippen LogP contribution in [0.3, 0.4) is 0 Å².